The van der Waals surface area contributed by atoms with Crippen LogP contribution < -0.4 is 0 Å². The molecule has 1 saturated heterocycles. The summed E-state index contributed by atoms with van der Waals surface area (Å²) in [5, 5.41) is 4.10. The molecule has 0 saturated carbocycles. The number of carbonyl (C=O) groups is 1. The molecule has 0 aromatic heterocycles. The SMILES string of the molecule is CON(C)C(=O)C(c1cccc(N=O)c1)C1COC1. The van der Waals surface area contributed by atoms with Gasteiger partial charge in [0, 0.05) is 13.0 Å². The fourth-order valence-electron chi connectivity index (χ4n) is 2.12. The Morgan fingerprint density at radius 1 is 1.53 bits per heavy atom. The highest BCUT2D eigenvalue weighted by atomic mass is 16.7. The summed E-state index contributed by atoms with van der Waals surface area (Å²) < 4.78 is 5.16. The molecule has 0 spiro atoms. The lowest BCUT2D eigenvalue weighted by Crippen LogP contribution is -2.42. The fourth-order valence-corrected chi connectivity index (χ4v) is 2.12. The van der Waals surface area contributed by atoms with E-state index in [0.29, 0.717) is 18.9 Å². The number of ether oxygens (including phenoxy) is 1. The molecule has 1 amide bonds. The summed E-state index contributed by atoms with van der Waals surface area (Å²) in [5.41, 5.74) is 1.08. The minimum absolute atomic E-state index is 0.104. The third kappa shape index (κ3) is 2.80. The summed E-state index contributed by atoms with van der Waals surface area (Å²) in [6.45, 7) is 1.07. The number of carbonyl (C=O) groups excluding carboxylic acids is 1. The summed E-state index contributed by atoms with van der Waals surface area (Å²) in [7, 11) is 3.01. The van der Waals surface area contributed by atoms with Crippen molar-refractivity contribution in [3.63, 3.8) is 0 Å². The highest BCUT2D eigenvalue weighted by Crippen LogP contribution is 2.33. The van der Waals surface area contributed by atoms with Crippen molar-refractivity contribution < 1.29 is 14.4 Å². The molecule has 0 radical (unpaired) electrons. The lowest BCUT2D eigenvalue weighted by molar-refractivity contribution is -0.176. The Balaban J connectivity index is 2.30. The highest BCUT2D eigenvalue weighted by molar-refractivity contribution is 5.83. The van der Waals surface area contributed by atoms with Crippen LogP contribution in [0.4, 0.5) is 5.69 Å². The zero-order valence-corrected chi connectivity index (χ0v) is 10.9. The van der Waals surface area contributed by atoms with Crippen molar-refractivity contribution >= 4 is 11.6 Å². The summed E-state index contributed by atoms with van der Waals surface area (Å²) in [6, 6.07) is 6.78. The summed E-state index contributed by atoms with van der Waals surface area (Å²) in [6.07, 6.45) is 0. The second kappa shape index (κ2) is 5.90. The predicted molar refractivity (Wildman–Crippen MR) is 68.7 cm³/mol. The molecule has 1 fully saturated rings. The molecule has 0 bridgehead atoms. The zero-order valence-electron chi connectivity index (χ0n) is 10.9. The van der Waals surface area contributed by atoms with Crippen LogP contribution in [0.5, 0.6) is 0 Å². The number of nitrogens with zero attached hydrogens (tertiary/aromatic N) is 2. The highest BCUT2D eigenvalue weighted by Gasteiger charge is 2.36. The minimum Gasteiger partial charge on any atom is -0.381 e. The number of amides is 1. The Kier molecular flexibility index (Phi) is 4.24. The first-order valence-corrected chi connectivity index (χ1v) is 6.00. The Morgan fingerprint density at radius 3 is 2.79 bits per heavy atom. The van der Waals surface area contributed by atoms with Crippen molar-refractivity contribution in [1.29, 1.82) is 0 Å². The maximum absolute atomic E-state index is 12.3. The maximum atomic E-state index is 12.3. The van der Waals surface area contributed by atoms with Crippen molar-refractivity contribution in [2.75, 3.05) is 27.4 Å². The average Bonchev–Trinajstić information content (AvgIpc) is 2.40. The van der Waals surface area contributed by atoms with Crippen molar-refractivity contribution in [2.24, 2.45) is 11.1 Å². The number of hydroxylamine groups is 2. The molecule has 2 rings (SSSR count). The molecule has 6 nitrogen and oxygen atoms in total. The number of rotatable bonds is 5. The second-order valence-electron chi connectivity index (χ2n) is 4.48. The minimum atomic E-state index is -0.375. The molecule has 0 N–H and O–H groups in total. The molecular formula is C13H16N2O4. The third-order valence-electron chi connectivity index (χ3n) is 3.32. The molecule has 1 aromatic rings. The van der Waals surface area contributed by atoms with Gasteiger partial charge in [0.2, 0.25) is 0 Å². The Bertz CT molecular complexity index is 473. The van der Waals surface area contributed by atoms with Crippen LogP contribution in [0.25, 0.3) is 0 Å². The van der Waals surface area contributed by atoms with E-state index in [9.17, 15) is 9.70 Å². The third-order valence-corrected chi connectivity index (χ3v) is 3.32. The molecule has 1 aliphatic rings. The monoisotopic (exact) mass is 264 g/mol. The van der Waals surface area contributed by atoms with Crippen LogP contribution >= 0.6 is 0 Å². The number of nitroso groups, excluding NO2 is 1. The molecule has 0 aliphatic carbocycles. The van der Waals surface area contributed by atoms with E-state index in [4.69, 9.17) is 9.57 Å². The standard InChI is InChI=1S/C13H16N2O4/c1-15(18-2)13(16)12(10-7-19-8-10)9-4-3-5-11(6-9)14-17/h3-6,10,12H,7-8H2,1-2H3. The number of likely N-dealkylation sites (N-methyl/N-ethyl adjacent to an activating group) is 1. The lowest BCUT2D eigenvalue weighted by atomic mass is 9.84. The van der Waals surface area contributed by atoms with Crippen LogP contribution in [0.1, 0.15) is 11.5 Å². The van der Waals surface area contributed by atoms with Gasteiger partial charge in [0.15, 0.2) is 0 Å². The maximum Gasteiger partial charge on any atom is 0.253 e. The first-order chi connectivity index (χ1) is 9.17. The summed E-state index contributed by atoms with van der Waals surface area (Å²) in [5.74, 6) is -0.425. The second-order valence-corrected chi connectivity index (χ2v) is 4.48. The largest absolute Gasteiger partial charge is 0.381 e. The van der Waals surface area contributed by atoms with Crippen LogP contribution in [0.2, 0.25) is 0 Å². The van der Waals surface area contributed by atoms with Gasteiger partial charge in [-0.25, -0.2) is 5.06 Å². The summed E-state index contributed by atoms with van der Waals surface area (Å²) in [4.78, 5) is 27.9. The molecule has 1 unspecified atom stereocenters. The van der Waals surface area contributed by atoms with Gasteiger partial charge in [-0.2, -0.15) is 0 Å². The normalized spacial score (nSPS) is 16.5. The van der Waals surface area contributed by atoms with Crippen LogP contribution in [-0.4, -0.2) is 38.3 Å². The molecule has 6 heteroatoms. The number of hydrogen-bond donors (Lipinski definition) is 0. The van der Waals surface area contributed by atoms with Gasteiger partial charge in [0.25, 0.3) is 5.91 Å². The van der Waals surface area contributed by atoms with Gasteiger partial charge < -0.3 is 4.74 Å². The molecule has 1 heterocycles. The van der Waals surface area contributed by atoms with Crippen molar-refractivity contribution in [3.05, 3.63) is 34.7 Å². The van der Waals surface area contributed by atoms with Gasteiger partial charge in [-0.3, -0.25) is 9.63 Å². The smallest absolute Gasteiger partial charge is 0.253 e. The Labute approximate surface area is 111 Å². The average molecular weight is 264 g/mol. The Morgan fingerprint density at radius 2 is 2.26 bits per heavy atom. The van der Waals surface area contributed by atoms with Crippen LogP contribution in [-0.2, 0) is 14.4 Å². The van der Waals surface area contributed by atoms with E-state index in [2.05, 4.69) is 5.18 Å². The number of benzene rings is 1. The van der Waals surface area contributed by atoms with Crippen molar-refractivity contribution in [1.82, 2.24) is 5.06 Å². The molecular weight excluding hydrogens is 248 g/mol. The topological polar surface area (TPSA) is 68.2 Å². The van der Waals surface area contributed by atoms with Crippen LogP contribution in [0, 0.1) is 10.8 Å². The van der Waals surface area contributed by atoms with Gasteiger partial charge in [-0.15, -0.1) is 4.91 Å². The van der Waals surface area contributed by atoms with Crippen LogP contribution in [0.3, 0.4) is 0 Å². The van der Waals surface area contributed by atoms with E-state index >= 15 is 0 Å². The first kappa shape index (κ1) is 13.6. The molecule has 102 valence electrons. The van der Waals surface area contributed by atoms with Crippen molar-refractivity contribution in [3.8, 4) is 0 Å². The predicted octanol–water partition coefficient (Wildman–Crippen LogP) is 1.83. The molecule has 1 atom stereocenters. The van der Waals surface area contributed by atoms with Gasteiger partial charge in [0.05, 0.1) is 26.2 Å². The molecule has 1 aliphatic heterocycles. The van der Waals surface area contributed by atoms with Gasteiger partial charge in [0.1, 0.15) is 5.69 Å². The Hall–Kier alpha value is -1.79. The first-order valence-electron chi connectivity index (χ1n) is 6.00. The van der Waals surface area contributed by atoms with E-state index in [1.807, 2.05) is 6.07 Å². The zero-order chi connectivity index (χ0) is 13.8. The number of hydrogen-bond acceptors (Lipinski definition) is 5. The quantitative estimate of drug-likeness (QED) is 0.601. The van der Waals surface area contributed by atoms with E-state index < -0.39 is 0 Å². The van der Waals surface area contributed by atoms with Gasteiger partial charge in [-0.1, -0.05) is 12.1 Å². The molecule has 19 heavy (non-hydrogen) atoms. The van der Waals surface area contributed by atoms with E-state index in [-0.39, 0.29) is 17.7 Å². The van der Waals surface area contributed by atoms with Crippen LogP contribution in [0.15, 0.2) is 29.4 Å². The van der Waals surface area contributed by atoms with Gasteiger partial charge in [-0.05, 0) is 22.9 Å². The van der Waals surface area contributed by atoms with Crippen molar-refractivity contribution in [2.45, 2.75) is 5.92 Å². The van der Waals surface area contributed by atoms with E-state index in [0.717, 1.165) is 5.56 Å². The summed E-state index contributed by atoms with van der Waals surface area (Å²) >= 11 is 0. The molecule has 1 aromatic carbocycles. The lowest BCUT2D eigenvalue weighted by Gasteiger charge is -2.34. The van der Waals surface area contributed by atoms with E-state index in [1.54, 1.807) is 25.2 Å². The fraction of sp³-hybridized carbons (Fsp3) is 0.462. The van der Waals surface area contributed by atoms with Gasteiger partial charge >= 0.3 is 0 Å². The van der Waals surface area contributed by atoms with E-state index in [1.165, 1.54) is 12.2 Å².